The van der Waals surface area contributed by atoms with Gasteiger partial charge in [0, 0.05) is 37.0 Å². The van der Waals surface area contributed by atoms with Crippen LogP contribution in [0.3, 0.4) is 0 Å². The van der Waals surface area contributed by atoms with Crippen molar-refractivity contribution in [1.82, 2.24) is 20.9 Å². The summed E-state index contributed by atoms with van der Waals surface area (Å²) >= 11 is 0. The van der Waals surface area contributed by atoms with E-state index in [2.05, 4.69) is 34.7 Å². The highest BCUT2D eigenvalue weighted by molar-refractivity contribution is 5.83. The van der Waals surface area contributed by atoms with Crippen LogP contribution in [0.2, 0.25) is 0 Å². The fourth-order valence-electron chi connectivity index (χ4n) is 8.86. The molecule has 9 heteroatoms. The van der Waals surface area contributed by atoms with Crippen LogP contribution in [0, 0.1) is 5.92 Å². The third-order valence-electron chi connectivity index (χ3n) is 10.6. The third kappa shape index (κ3) is 5.67. The van der Waals surface area contributed by atoms with Gasteiger partial charge < -0.3 is 15.0 Å². The molecule has 6 heterocycles. The summed E-state index contributed by atoms with van der Waals surface area (Å²) < 4.78 is 5.99. The van der Waals surface area contributed by atoms with E-state index in [9.17, 15) is 9.59 Å². The molecule has 5 saturated heterocycles. The Bertz CT molecular complexity index is 944. The van der Waals surface area contributed by atoms with E-state index in [0.717, 1.165) is 31.7 Å². The highest BCUT2D eigenvalue weighted by atomic mass is 16.5. The lowest BCUT2D eigenvalue weighted by molar-refractivity contribution is -0.975. The topological polar surface area (TPSA) is 99.5 Å². The number of aliphatic imine (C=N–C) groups is 1. The Morgan fingerprint density at radius 3 is 2.67 bits per heavy atom. The minimum absolute atomic E-state index is 0.00497. The molecule has 11 unspecified atom stereocenters. The number of carbonyl (C=O) groups excluding carboxylic acids is 2. The summed E-state index contributed by atoms with van der Waals surface area (Å²) in [5, 5.41) is 10.2. The van der Waals surface area contributed by atoms with Crippen molar-refractivity contribution in [3.63, 3.8) is 0 Å². The minimum atomic E-state index is -0.142. The lowest BCUT2D eigenvalue weighted by Gasteiger charge is -2.46. The van der Waals surface area contributed by atoms with Crippen LogP contribution in [-0.4, -0.2) is 77.4 Å². The van der Waals surface area contributed by atoms with Crippen LogP contribution < -0.4 is 20.9 Å². The van der Waals surface area contributed by atoms with Crippen LogP contribution in [0.15, 0.2) is 4.99 Å². The summed E-state index contributed by atoms with van der Waals surface area (Å²) in [6.07, 6.45) is 15.9. The minimum Gasteiger partial charge on any atom is -0.462 e. The van der Waals surface area contributed by atoms with Crippen LogP contribution >= 0.6 is 0 Å². The van der Waals surface area contributed by atoms with Gasteiger partial charge in [-0.05, 0) is 65.7 Å². The van der Waals surface area contributed by atoms with Crippen LogP contribution in [0.5, 0.6) is 0 Å². The number of nitrogens with one attached hydrogen (secondary N) is 4. The van der Waals surface area contributed by atoms with E-state index in [1.807, 2.05) is 6.92 Å². The molecule has 0 aromatic heterocycles. The van der Waals surface area contributed by atoms with Crippen molar-refractivity contribution >= 4 is 17.8 Å². The summed E-state index contributed by atoms with van der Waals surface area (Å²) in [4.78, 5) is 34.4. The first-order valence-electron chi connectivity index (χ1n) is 16.1. The number of esters is 1. The lowest BCUT2D eigenvalue weighted by atomic mass is 9.88. The lowest BCUT2D eigenvalue weighted by Crippen LogP contribution is -3.27. The largest absolute Gasteiger partial charge is 0.462 e. The van der Waals surface area contributed by atoms with Gasteiger partial charge in [0.15, 0.2) is 5.96 Å². The predicted octanol–water partition coefficient (Wildman–Crippen LogP) is 1.82. The van der Waals surface area contributed by atoms with Gasteiger partial charge in [0.05, 0.1) is 24.6 Å². The zero-order valence-electron chi connectivity index (χ0n) is 24.3. The van der Waals surface area contributed by atoms with Crippen molar-refractivity contribution in [2.24, 2.45) is 10.9 Å². The molecule has 4 N–H and O–H groups in total. The van der Waals surface area contributed by atoms with Crippen LogP contribution in [0.4, 0.5) is 0 Å². The molecule has 0 aromatic carbocycles. The summed E-state index contributed by atoms with van der Waals surface area (Å²) in [7, 11) is 0. The Morgan fingerprint density at radius 1 is 1.05 bits per heavy atom. The summed E-state index contributed by atoms with van der Waals surface area (Å²) in [6, 6.07) is 3.04. The monoisotopic (exact) mass is 543 g/mol. The maximum absolute atomic E-state index is 13.2. The van der Waals surface area contributed by atoms with E-state index in [-0.39, 0.29) is 42.3 Å². The molecule has 0 bridgehead atoms. The molecule has 0 saturated carbocycles. The zero-order valence-corrected chi connectivity index (χ0v) is 24.3. The number of hydrogen-bond acceptors (Lipinski definition) is 7. The standard InChI is InChI=1S/C30H50N6O3/c1-18-15-22-11-12-23-16-21(33-29(31-18)35(22)23)10-8-6-4-5-7-9-19(2)39-28(38)27-20(3)32-30-34-26(37)17-24-13-14-25(27)36(24)30/h18-25,27,30,32H,4-17H2,1-3H3,(H,31,33)(H,34,37)/p+1. The normalized spacial score (nSPS) is 41.2. The smallest absolute Gasteiger partial charge is 0.316 e. The van der Waals surface area contributed by atoms with Crippen LogP contribution in [0.1, 0.15) is 111 Å². The Morgan fingerprint density at radius 2 is 1.82 bits per heavy atom. The van der Waals surface area contributed by atoms with Gasteiger partial charge in [-0.2, -0.15) is 0 Å². The van der Waals surface area contributed by atoms with E-state index in [1.165, 1.54) is 68.6 Å². The van der Waals surface area contributed by atoms with Gasteiger partial charge in [0.25, 0.3) is 0 Å². The van der Waals surface area contributed by atoms with Crippen molar-refractivity contribution < 1.29 is 19.2 Å². The SMILES string of the molecule is CC1CC2CCC3CC(CCCCCCCC(C)OC(=O)C4C(C)NC5NC(=O)CC6CCC4[NH+]65)N=C(N1)N32. The Hall–Kier alpha value is -1.87. The molecular formula is C30H51N6O3+. The number of guanidine groups is 1. The first-order chi connectivity index (χ1) is 18.9. The second kappa shape index (κ2) is 11.6. The van der Waals surface area contributed by atoms with E-state index in [0.29, 0.717) is 30.6 Å². The average Bonchev–Trinajstić information content (AvgIpc) is 3.48. The van der Waals surface area contributed by atoms with Crippen molar-refractivity contribution in [2.45, 2.75) is 165 Å². The molecule has 6 rings (SSSR count). The Labute approximate surface area is 234 Å². The second-order valence-electron chi connectivity index (χ2n) is 13.6. The van der Waals surface area contributed by atoms with Gasteiger partial charge >= 0.3 is 5.97 Å². The van der Waals surface area contributed by atoms with Gasteiger partial charge in [-0.15, -0.1) is 0 Å². The molecule has 6 aliphatic rings. The zero-order chi connectivity index (χ0) is 27.1. The molecule has 0 aliphatic carbocycles. The Balaban J connectivity index is 0.875. The molecule has 1 amide bonds. The summed E-state index contributed by atoms with van der Waals surface area (Å²) in [6.45, 7) is 6.40. The molecule has 218 valence electrons. The van der Waals surface area contributed by atoms with E-state index < -0.39 is 0 Å². The number of unbranched alkanes of at least 4 members (excludes halogenated alkanes) is 4. The number of hydrogen-bond donors (Lipinski definition) is 4. The molecule has 0 spiro atoms. The van der Waals surface area contributed by atoms with Crippen molar-refractivity contribution in [3.8, 4) is 0 Å². The van der Waals surface area contributed by atoms with Crippen molar-refractivity contribution in [2.75, 3.05) is 0 Å². The molecule has 0 aromatic rings. The number of rotatable bonds is 10. The van der Waals surface area contributed by atoms with Gasteiger partial charge in [-0.25, -0.2) is 10.3 Å². The molecule has 11 atom stereocenters. The van der Waals surface area contributed by atoms with Crippen molar-refractivity contribution in [1.29, 1.82) is 0 Å². The molecule has 9 nitrogen and oxygen atoms in total. The van der Waals surface area contributed by atoms with Gasteiger partial charge in [-0.1, -0.05) is 25.7 Å². The molecule has 6 aliphatic heterocycles. The first-order valence-corrected chi connectivity index (χ1v) is 16.1. The third-order valence-corrected chi connectivity index (χ3v) is 10.6. The molecular weight excluding hydrogens is 492 g/mol. The fraction of sp³-hybridized carbons (Fsp3) is 0.900. The quantitative estimate of drug-likeness (QED) is 0.248. The van der Waals surface area contributed by atoms with Gasteiger partial charge in [0.2, 0.25) is 12.2 Å². The molecule has 5 fully saturated rings. The predicted molar refractivity (Wildman–Crippen MR) is 150 cm³/mol. The molecule has 0 radical (unpaired) electrons. The summed E-state index contributed by atoms with van der Waals surface area (Å²) in [5.41, 5.74) is 0. The maximum atomic E-state index is 13.2. The maximum Gasteiger partial charge on any atom is 0.316 e. The number of quaternary nitrogens is 1. The van der Waals surface area contributed by atoms with Crippen LogP contribution in [-0.2, 0) is 14.3 Å². The second-order valence-corrected chi connectivity index (χ2v) is 13.6. The Kier molecular flexibility index (Phi) is 8.09. The number of nitrogens with zero attached hydrogens (tertiary/aromatic N) is 2. The van der Waals surface area contributed by atoms with Crippen LogP contribution in [0.25, 0.3) is 0 Å². The highest BCUT2D eigenvalue weighted by Crippen LogP contribution is 2.36. The van der Waals surface area contributed by atoms with E-state index in [4.69, 9.17) is 9.73 Å². The van der Waals surface area contributed by atoms with Gasteiger partial charge in [0.1, 0.15) is 12.0 Å². The number of amides is 1. The van der Waals surface area contributed by atoms with Gasteiger partial charge in [-0.3, -0.25) is 19.8 Å². The molecule has 39 heavy (non-hydrogen) atoms. The fourth-order valence-corrected chi connectivity index (χ4v) is 8.86. The van der Waals surface area contributed by atoms with E-state index in [1.54, 1.807) is 0 Å². The highest BCUT2D eigenvalue weighted by Gasteiger charge is 2.57. The van der Waals surface area contributed by atoms with E-state index >= 15 is 0 Å². The number of ether oxygens (including phenoxy) is 1. The number of carbonyl (C=O) groups is 2. The first kappa shape index (κ1) is 27.3. The van der Waals surface area contributed by atoms with Crippen molar-refractivity contribution in [3.05, 3.63) is 0 Å². The average molecular weight is 544 g/mol. The summed E-state index contributed by atoms with van der Waals surface area (Å²) in [5.74, 6) is 1.12.